The molecule has 0 unspecified atom stereocenters. The standard InChI is InChI=1S/C18H20N6O3/c1-3-16-19-17(27-21-16)15-11-24(22-20-15)13-8-9-23(10-13)18(25)12-4-6-14(26-2)7-5-12/h4-7,11,13H,3,8-10H2,1-2H3/t13-/m1/s1. The van der Waals surface area contributed by atoms with Crippen molar-refractivity contribution in [3.63, 3.8) is 0 Å². The molecule has 1 atom stereocenters. The van der Waals surface area contributed by atoms with E-state index in [1.807, 2.05) is 11.8 Å². The van der Waals surface area contributed by atoms with Crippen molar-refractivity contribution in [2.75, 3.05) is 20.2 Å². The quantitative estimate of drug-likeness (QED) is 0.679. The van der Waals surface area contributed by atoms with E-state index < -0.39 is 0 Å². The lowest BCUT2D eigenvalue weighted by molar-refractivity contribution is 0.0787. The van der Waals surface area contributed by atoms with Crippen LogP contribution in [0, 0.1) is 0 Å². The molecule has 0 N–H and O–H groups in total. The van der Waals surface area contributed by atoms with Gasteiger partial charge in [0.25, 0.3) is 11.8 Å². The molecule has 0 spiro atoms. The van der Waals surface area contributed by atoms with Crippen LogP contribution in [0.15, 0.2) is 35.0 Å². The average Bonchev–Trinajstić information content (AvgIpc) is 3.46. The zero-order chi connectivity index (χ0) is 18.8. The second kappa shape index (κ2) is 7.18. The monoisotopic (exact) mass is 368 g/mol. The highest BCUT2D eigenvalue weighted by Gasteiger charge is 2.29. The summed E-state index contributed by atoms with van der Waals surface area (Å²) >= 11 is 0. The van der Waals surface area contributed by atoms with Gasteiger partial charge in [0.05, 0.1) is 19.3 Å². The Morgan fingerprint density at radius 1 is 1.33 bits per heavy atom. The van der Waals surface area contributed by atoms with Crippen molar-refractivity contribution in [3.05, 3.63) is 41.9 Å². The van der Waals surface area contributed by atoms with Crippen LogP contribution in [-0.4, -0.2) is 56.1 Å². The maximum absolute atomic E-state index is 12.7. The molecule has 0 bridgehead atoms. The second-order valence-electron chi connectivity index (χ2n) is 6.38. The molecule has 3 aromatic rings. The molecule has 3 heterocycles. The number of ether oxygens (including phenoxy) is 1. The number of rotatable bonds is 5. The van der Waals surface area contributed by atoms with E-state index in [9.17, 15) is 4.79 Å². The fourth-order valence-corrected chi connectivity index (χ4v) is 3.11. The number of aryl methyl sites for hydroxylation is 1. The molecule has 1 saturated heterocycles. The maximum atomic E-state index is 12.7. The minimum atomic E-state index is 0.00461. The number of amides is 1. The lowest BCUT2D eigenvalue weighted by atomic mass is 10.2. The van der Waals surface area contributed by atoms with Gasteiger partial charge >= 0.3 is 0 Å². The third-order valence-electron chi connectivity index (χ3n) is 4.68. The van der Waals surface area contributed by atoms with Gasteiger partial charge < -0.3 is 14.2 Å². The van der Waals surface area contributed by atoms with Crippen LogP contribution in [0.4, 0.5) is 0 Å². The first-order chi connectivity index (χ1) is 13.2. The number of carbonyl (C=O) groups excluding carboxylic acids is 1. The van der Waals surface area contributed by atoms with Crippen LogP contribution in [-0.2, 0) is 6.42 Å². The first-order valence-electron chi connectivity index (χ1n) is 8.86. The van der Waals surface area contributed by atoms with Crippen molar-refractivity contribution in [2.24, 2.45) is 0 Å². The number of hydrogen-bond acceptors (Lipinski definition) is 7. The number of likely N-dealkylation sites (tertiary alicyclic amines) is 1. The SMILES string of the molecule is CCc1noc(-c2cn([C@@H]3CCN(C(=O)c4ccc(OC)cc4)C3)nn2)n1. The third-order valence-corrected chi connectivity index (χ3v) is 4.68. The Morgan fingerprint density at radius 2 is 2.15 bits per heavy atom. The van der Waals surface area contributed by atoms with Crippen LogP contribution in [0.2, 0.25) is 0 Å². The highest BCUT2D eigenvalue weighted by Crippen LogP contribution is 2.24. The van der Waals surface area contributed by atoms with Gasteiger partial charge in [-0.3, -0.25) is 4.79 Å². The fraction of sp³-hybridized carbons (Fsp3) is 0.389. The summed E-state index contributed by atoms with van der Waals surface area (Å²) in [6.45, 7) is 3.21. The molecular weight excluding hydrogens is 348 g/mol. The summed E-state index contributed by atoms with van der Waals surface area (Å²) in [6, 6.07) is 7.21. The predicted molar refractivity (Wildman–Crippen MR) is 95.2 cm³/mol. The number of aromatic nitrogens is 5. The minimum absolute atomic E-state index is 0.00461. The zero-order valence-corrected chi connectivity index (χ0v) is 15.2. The normalized spacial score (nSPS) is 16.7. The molecule has 0 radical (unpaired) electrons. The smallest absolute Gasteiger partial charge is 0.280 e. The van der Waals surface area contributed by atoms with Gasteiger partial charge in [0, 0.05) is 25.1 Å². The Morgan fingerprint density at radius 3 is 2.85 bits per heavy atom. The van der Waals surface area contributed by atoms with Crippen LogP contribution in [0.5, 0.6) is 5.75 Å². The molecule has 4 rings (SSSR count). The van der Waals surface area contributed by atoms with Crippen LogP contribution in [0.3, 0.4) is 0 Å². The van der Waals surface area contributed by atoms with Crippen molar-refractivity contribution in [1.29, 1.82) is 0 Å². The maximum Gasteiger partial charge on any atom is 0.280 e. The van der Waals surface area contributed by atoms with Crippen molar-refractivity contribution < 1.29 is 14.1 Å². The molecule has 1 amide bonds. The van der Waals surface area contributed by atoms with Crippen molar-refractivity contribution in [3.8, 4) is 17.3 Å². The molecule has 9 nitrogen and oxygen atoms in total. The van der Waals surface area contributed by atoms with E-state index in [-0.39, 0.29) is 11.9 Å². The van der Waals surface area contributed by atoms with E-state index in [1.54, 1.807) is 42.3 Å². The van der Waals surface area contributed by atoms with E-state index in [0.29, 0.717) is 42.5 Å². The van der Waals surface area contributed by atoms with Crippen molar-refractivity contribution in [2.45, 2.75) is 25.8 Å². The molecule has 1 aliphatic heterocycles. The van der Waals surface area contributed by atoms with Gasteiger partial charge in [-0.15, -0.1) is 5.10 Å². The minimum Gasteiger partial charge on any atom is -0.497 e. The largest absolute Gasteiger partial charge is 0.497 e. The van der Waals surface area contributed by atoms with Gasteiger partial charge in [-0.05, 0) is 30.7 Å². The van der Waals surface area contributed by atoms with E-state index in [1.165, 1.54) is 0 Å². The van der Waals surface area contributed by atoms with Crippen LogP contribution in [0.25, 0.3) is 11.6 Å². The Balaban J connectivity index is 1.44. The molecule has 0 aliphatic carbocycles. The second-order valence-corrected chi connectivity index (χ2v) is 6.38. The molecule has 1 aromatic carbocycles. The molecule has 1 aliphatic rings. The van der Waals surface area contributed by atoms with Gasteiger partial charge in [-0.25, -0.2) is 4.68 Å². The van der Waals surface area contributed by atoms with Gasteiger partial charge in [-0.2, -0.15) is 4.98 Å². The van der Waals surface area contributed by atoms with E-state index in [0.717, 1.165) is 12.2 Å². The Kier molecular flexibility index (Phi) is 4.57. The van der Waals surface area contributed by atoms with Gasteiger partial charge in [0.1, 0.15) is 5.75 Å². The highest BCUT2D eigenvalue weighted by atomic mass is 16.5. The summed E-state index contributed by atoms with van der Waals surface area (Å²) in [5.41, 5.74) is 1.19. The Bertz CT molecular complexity index is 933. The van der Waals surface area contributed by atoms with Crippen molar-refractivity contribution in [1.82, 2.24) is 30.0 Å². The number of carbonyl (C=O) groups is 1. The average molecular weight is 368 g/mol. The van der Waals surface area contributed by atoms with E-state index in [2.05, 4.69) is 20.5 Å². The summed E-state index contributed by atoms with van der Waals surface area (Å²) in [6.07, 6.45) is 3.30. The first-order valence-corrected chi connectivity index (χ1v) is 8.86. The number of benzene rings is 1. The van der Waals surface area contributed by atoms with Gasteiger partial charge in [-0.1, -0.05) is 17.3 Å². The highest BCUT2D eigenvalue weighted by molar-refractivity contribution is 5.94. The topological polar surface area (TPSA) is 99.2 Å². The molecule has 27 heavy (non-hydrogen) atoms. The van der Waals surface area contributed by atoms with Crippen LogP contribution >= 0.6 is 0 Å². The third kappa shape index (κ3) is 3.40. The van der Waals surface area contributed by atoms with E-state index >= 15 is 0 Å². The van der Waals surface area contributed by atoms with E-state index in [4.69, 9.17) is 9.26 Å². The lowest BCUT2D eigenvalue weighted by Gasteiger charge is -2.16. The Labute approximate surface area is 155 Å². The lowest BCUT2D eigenvalue weighted by Crippen LogP contribution is -2.29. The van der Waals surface area contributed by atoms with Crippen molar-refractivity contribution >= 4 is 5.91 Å². The first kappa shape index (κ1) is 17.2. The molecule has 2 aromatic heterocycles. The van der Waals surface area contributed by atoms with Crippen LogP contribution < -0.4 is 4.74 Å². The predicted octanol–water partition coefficient (Wildman–Crippen LogP) is 1.99. The molecule has 1 fully saturated rings. The number of nitrogens with zero attached hydrogens (tertiary/aromatic N) is 6. The fourth-order valence-electron chi connectivity index (χ4n) is 3.11. The van der Waals surface area contributed by atoms with Crippen LogP contribution in [0.1, 0.15) is 35.6 Å². The molecular formula is C18H20N6O3. The molecule has 0 saturated carbocycles. The summed E-state index contributed by atoms with van der Waals surface area (Å²) in [7, 11) is 1.60. The number of methoxy groups -OCH3 is 1. The van der Waals surface area contributed by atoms with Gasteiger partial charge in [0.15, 0.2) is 11.5 Å². The summed E-state index contributed by atoms with van der Waals surface area (Å²) in [5, 5.41) is 12.2. The molecule has 140 valence electrons. The summed E-state index contributed by atoms with van der Waals surface area (Å²) in [4.78, 5) is 18.8. The molecule has 9 heteroatoms. The zero-order valence-electron chi connectivity index (χ0n) is 15.2. The number of hydrogen-bond donors (Lipinski definition) is 0. The Hall–Kier alpha value is -3.23. The summed E-state index contributed by atoms with van der Waals surface area (Å²) < 4.78 is 12.1. The summed E-state index contributed by atoms with van der Waals surface area (Å²) in [5.74, 6) is 1.73. The van der Waals surface area contributed by atoms with Gasteiger partial charge in [0.2, 0.25) is 0 Å².